The Balaban J connectivity index is 2.45. The lowest BCUT2D eigenvalue weighted by molar-refractivity contribution is 0.234. The van der Waals surface area contributed by atoms with Gasteiger partial charge in [-0.1, -0.05) is 0 Å². The van der Waals surface area contributed by atoms with Crippen molar-refractivity contribution in [3.63, 3.8) is 0 Å². The Kier molecular flexibility index (Phi) is 3.95. The molecule has 1 aliphatic rings. The van der Waals surface area contributed by atoms with Crippen molar-refractivity contribution in [2.75, 3.05) is 37.3 Å². The van der Waals surface area contributed by atoms with E-state index in [0.29, 0.717) is 17.3 Å². The van der Waals surface area contributed by atoms with E-state index in [4.69, 9.17) is 10.9 Å². The van der Waals surface area contributed by atoms with E-state index in [9.17, 15) is 8.42 Å². The smallest absolute Gasteiger partial charge is 0.238 e. The molecular formula is C13H22N4O2S. The predicted octanol–water partition coefficient (Wildman–Crippen LogP) is 0.365. The number of rotatable bonds is 2. The number of hydrogen-bond donors (Lipinski definition) is 2. The van der Waals surface area contributed by atoms with Gasteiger partial charge in [0, 0.05) is 37.1 Å². The van der Waals surface area contributed by atoms with E-state index in [1.54, 1.807) is 6.92 Å². The summed E-state index contributed by atoms with van der Waals surface area (Å²) in [6.45, 7) is 6.53. The number of nitrogens with zero attached hydrogens (tertiary/aromatic N) is 2. The number of hydrogen-bond acceptors (Lipinski definition) is 5. The summed E-state index contributed by atoms with van der Waals surface area (Å²) < 4.78 is 23.3. The molecule has 0 aliphatic carbocycles. The fourth-order valence-electron chi connectivity index (χ4n) is 2.58. The van der Waals surface area contributed by atoms with Crippen molar-refractivity contribution in [3.8, 4) is 0 Å². The summed E-state index contributed by atoms with van der Waals surface area (Å²) in [5, 5.41) is 5.26. The minimum Gasteiger partial charge on any atom is -0.399 e. The fourth-order valence-corrected chi connectivity index (χ4v) is 3.42. The first kappa shape index (κ1) is 15.1. The van der Waals surface area contributed by atoms with Crippen LogP contribution in [-0.2, 0) is 10.0 Å². The molecule has 1 unspecified atom stereocenters. The van der Waals surface area contributed by atoms with Crippen LogP contribution in [0.15, 0.2) is 17.0 Å². The Hall–Kier alpha value is -1.31. The fraction of sp³-hybridized carbons (Fsp3) is 0.538. The number of nitrogens with two attached hydrogens (primary N) is 2. The zero-order valence-electron chi connectivity index (χ0n) is 12.1. The van der Waals surface area contributed by atoms with Crippen LogP contribution in [0.1, 0.15) is 12.5 Å². The van der Waals surface area contributed by atoms with E-state index in [-0.39, 0.29) is 4.90 Å². The van der Waals surface area contributed by atoms with Crippen LogP contribution in [0.3, 0.4) is 0 Å². The van der Waals surface area contributed by atoms with Gasteiger partial charge in [-0.2, -0.15) is 0 Å². The summed E-state index contributed by atoms with van der Waals surface area (Å²) in [5.41, 5.74) is 7.78. The van der Waals surface area contributed by atoms with Crippen LogP contribution in [-0.4, -0.2) is 46.0 Å². The lowest BCUT2D eigenvalue weighted by Crippen LogP contribution is -2.50. The molecule has 4 N–H and O–H groups in total. The first-order chi connectivity index (χ1) is 9.20. The molecule has 0 spiro atoms. The van der Waals surface area contributed by atoms with Crippen molar-refractivity contribution in [2.24, 2.45) is 5.14 Å². The lowest BCUT2D eigenvalue weighted by Gasteiger charge is -2.39. The third-order valence-electron chi connectivity index (χ3n) is 3.96. The van der Waals surface area contributed by atoms with E-state index in [1.165, 1.54) is 6.07 Å². The summed E-state index contributed by atoms with van der Waals surface area (Å²) >= 11 is 0. The highest BCUT2D eigenvalue weighted by Gasteiger charge is 2.24. The number of primary sulfonamides is 1. The molecule has 0 amide bonds. The molecule has 20 heavy (non-hydrogen) atoms. The maximum absolute atomic E-state index is 11.7. The molecule has 1 saturated heterocycles. The molecule has 0 radical (unpaired) electrons. The average molecular weight is 298 g/mol. The molecule has 1 aliphatic heterocycles. The minimum absolute atomic E-state index is 0.110. The highest BCUT2D eigenvalue weighted by molar-refractivity contribution is 7.89. The van der Waals surface area contributed by atoms with Gasteiger partial charge in [-0.15, -0.1) is 0 Å². The van der Waals surface area contributed by atoms with Gasteiger partial charge in [0.25, 0.3) is 0 Å². The number of anilines is 2. The molecule has 1 aromatic rings. The van der Waals surface area contributed by atoms with Gasteiger partial charge >= 0.3 is 0 Å². The van der Waals surface area contributed by atoms with Gasteiger partial charge in [0.15, 0.2) is 0 Å². The number of likely N-dealkylation sites (N-methyl/N-ethyl adjacent to an activating group) is 1. The molecule has 2 rings (SSSR count). The van der Waals surface area contributed by atoms with Gasteiger partial charge < -0.3 is 15.5 Å². The quantitative estimate of drug-likeness (QED) is 0.769. The van der Waals surface area contributed by atoms with Crippen molar-refractivity contribution in [3.05, 3.63) is 17.7 Å². The summed E-state index contributed by atoms with van der Waals surface area (Å²) in [6, 6.07) is 3.65. The summed E-state index contributed by atoms with van der Waals surface area (Å²) in [4.78, 5) is 4.56. The predicted molar refractivity (Wildman–Crippen MR) is 81.3 cm³/mol. The summed E-state index contributed by atoms with van der Waals surface area (Å²) in [5.74, 6) is 0. The van der Waals surface area contributed by atoms with Crippen molar-refractivity contribution >= 4 is 21.4 Å². The van der Waals surface area contributed by atoms with Crippen LogP contribution in [0, 0.1) is 6.92 Å². The Labute approximate surface area is 120 Å². The molecule has 0 saturated carbocycles. The third kappa shape index (κ3) is 2.89. The van der Waals surface area contributed by atoms with Crippen LogP contribution >= 0.6 is 0 Å². The Morgan fingerprint density at radius 3 is 2.50 bits per heavy atom. The first-order valence-corrected chi connectivity index (χ1v) is 8.13. The van der Waals surface area contributed by atoms with Gasteiger partial charge in [0.1, 0.15) is 0 Å². The molecular weight excluding hydrogens is 276 g/mol. The van der Waals surface area contributed by atoms with Crippen molar-refractivity contribution in [1.29, 1.82) is 0 Å². The maximum atomic E-state index is 11.7. The monoisotopic (exact) mass is 298 g/mol. The molecule has 6 nitrogen and oxygen atoms in total. The largest absolute Gasteiger partial charge is 0.399 e. The van der Waals surface area contributed by atoms with Gasteiger partial charge in [0.05, 0.1) is 4.90 Å². The maximum Gasteiger partial charge on any atom is 0.238 e. The lowest BCUT2D eigenvalue weighted by atomic mass is 10.1. The van der Waals surface area contributed by atoms with E-state index >= 15 is 0 Å². The topological polar surface area (TPSA) is 92.7 Å². The van der Waals surface area contributed by atoms with Crippen LogP contribution in [0.2, 0.25) is 0 Å². The molecule has 1 heterocycles. The van der Waals surface area contributed by atoms with Gasteiger partial charge in [-0.05, 0) is 38.6 Å². The Morgan fingerprint density at radius 2 is 1.95 bits per heavy atom. The standard InChI is InChI=1S/C13H22N4O2S/c1-9-8-17(5-4-16(9)3)12-6-11(14)7-13(10(12)2)20(15,18)19/h6-7,9H,4-5,8,14H2,1-3H3,(H2,15,18,19). The number of benzene rings is 1. The summed E-state index contributed by atoms with van der Waals surface area (Å²) in [7, 11) is -1.67. The Bertz CT molecular complexity index is 615. The van der Waals surface area contributed by atoms with Crippen molar-refractivity contribution in [1.82, 2.24) is 4.90 Å². The second-order valence-electron chi connectivity index (χ2n) is 5.48. The van der Waals surface area contributed by atoms with Crippen LogP contribution in [0.25, 0.3) is 0 Å². The molecule has 0 aromatic heterocycles. The molecule has 1 atom stereocenters. The number of nitrogen functional groups attached to an aromatic ring is 1. The molecule has 1 aromatic carbocycles. The zero-order chi connectivity index (χ0) is 15.1. The second-order valence-corrected chi connectivity index (χ2v) is 7.01. The molecule has 0 bridgehead atoms. The highest BCUT2D eigenvalue weighted by atomic mass is 32.2. The van der Waals surface area contributed by atoms with Crippen molar-refractivity contribution in [2.45, 2.75) is 24.8 Å². The molecule has 7 heteroatoms. The third-order valence-corrected chi connectivity index (χ3v) is 5.00. The van der Waals surface area contributed by atoms with E-state index in [0.717, 1.165) is 25.3 Å². The summed E-state index contributed by atoms with van der Waals surface area (Å²) in [6.07, 6.45) is 0. The zero-order valence-corrected chi connectivity index (χ0v) is 12.9. The Morgan fingerprint density at radius 1 is 1.30 bits per heavy atom. The second kappa shape index (κ2) is 5.23. The number of sulfonamides is 1. The number of piperazine rings is 1. The van der Waals surface area contributed by atoms with E-state index in [1.807, 2.05) is 6.07 Å². The van der Waals surface area contributed by atoms with Gasteiger partial charge in [-0.3, -0.25) is 0 Å². The SMILES string of the molecule is Cc1c(N2CCN(C)C(C)C2)cc(N)cc1S(N)(=O)=O. The first-order valence-electron chi connectivity index (χ1n) is 6.58. The highest BCUT2D eigenvalue weighted by Crippen LogP contribution is 2.30. The van der Waals surface area contributed by atoms with Crippen LogP contribution in [0.5, 0.6) is 0 Å². The van der Waals surface area contributed by atoms with E-state index < -0.39 is 10.0 Å². The molecule has 1 fully saturated rings. The van der Waals surface area contributed by atoms with Gasteiger partial charge in [0.2, 0.25) is 10.0 Å². The van der Waals surface area contributed by atoms with Gasteiger partial charge in [-0.25, -0.2) is 13.6 Å². The van der Waals surface area contributed by atoms with Crippen LogP contribution < -0.4 is 15.8 Å². The average Bonchev–Trinajstić information content (AvgIpc) is 2.34. The van der Waals surface area contributed by atoms with E-state index in [2.05, 4.69) is 23.8 Å². The van der Waals surface area contributed by atoms with Crippen molar-refractivity contribution < 1.29 is 8.42 Å². The van der Waals surface area contributed by atoms with Crippen LogP contribution in [0.4, 0.5) is 11.4 Å². The normalized spacial score (nSPS) is 21.2. The minimum atomic E-state index is -3.76. The molecule has 112 valence electrons.